The zero-order chi connectivity index (χ0) is 13.0. The van der Waals surface area contributed by atoms with E-state index in [1.807, 2.05) is 0 Å². The third-order valence-electron chi connectivity index (χ3n) is 3.09. The number of hydrogen-bond donors (Lipinski definition) is 2. The number of nitrogens with zero attached hydrogens (tertiary/aromatic N) is 2. The number of aromatic nitrogens is 1. The summed E-state index contributed by atoms with van der Waals surface area (Å²) in [5, 5.41) is 11.7. The van der Waals surface area contributed by atoms with Crippen LogP contribution in [0.3, 0.4) is 0 Å². The van der Waals surface area contributed by atoms with Gasteiger partial charge in [-0.2, -0.15) is 0 Å². The second kappa shape index (κ2) is 5.82. The Balaban J connectivity index is 2.18. The van der Waals surface area contributed by atoms with Gasteiger partial charge in [0, 0.05) is 25.3 Å². The van der Waals surface area contributed by atoms with Crippen molar-refractivity contribution in [3.63, 3.8) is 0 Å². The highest BCUT2D eigenvalue weighted by atomic mass is 16.3. The Morgan fingerprint density at radius 3 is 2.94 bits per heavy atom. The first kappa shape index (κ1) is 12.8. The van der Waals surface area contributed by atoms with Crippen LogP contribution in [0.25, 0.3) is 0 Å². The van der Waals surface area contributed by atoms with Crippen molar-refractivity contribution < 1.29 is 9.90 Å². The predicted octanol–water partition coefficient (Wildman–Crippen LogP) is 0.792. The minimum absolute atomic E-state index is 0.0644. The molecule has 2 rings (SSSR count). The Morgan fingerprint density at radius 1 is 1.56 bits per heavy atom. The van der Waals surface area contributed by atoms with Gasteiger partial charge in [-0.15, -0.1) is 0 Å². The van der Waals surface area contributed by atoms with Crippen molar-refractivity contribution in [2.24, 2.45) is 0 Å². The van der Waals surface area contributed by atoms with Crippen molar-refractivity contribution in [1.29, 1.82) is 0 Å². The van der Waals surface area contributed by atoms with Crippen LogP contribution >= 0.6 is 0 Å². The number of rotatable bonds is 4. The van der Waals surface area contributed by atoms with Crippen LogP contribution in [0.4, 0.5) is 5.82 Å². The fraction of sp³-hybridized carbons (Fsp3) is 0.538. The number of aliphatic hydroxyl groups excluding tert-OH is 1. The van der Waals surface area contributed by atoms with Gasteiger partial charge in [0.15, 0.2) is 0 Å². The molecule has 1 aliphatic rings. The monoisotopic (exact) mass is 249 g/mol. The van der Waals surface area contributed by atoms with Gasteiger partial charge in [-0.1, -0.05) is 0 Å². The number of hydrogen-bond acceptors (Lipinski definition) is 4. The normalized spacial score (nSPS) is 16.7. The molecule has 1 unspecified atom stereocenters. The maximum Gasteiger partial charge on any atom is 0.255 e. The molecule has 5 nitrogen and oxygen atoms in total. The summed E-state index contributed by atoms with van der Waals surface area (Å²) in [6, 6.07) is 3.29. The molecule has 0 saturated carbocycles. The Morgan fingerprint density at radius 2 is 2.28 bits per heavy atom. The van der Waals surface area contributed by atoms with E-state index in [1.165, 1.54) is 0 Å². The molecule has 1 fully saturated rings. The lowest BCUT2D eigenvalue weighted by Gasteiger charge is -2.20. The summed E-state index contributed by atoms with van der Waals surface area (Å²) in [6.07, 6.45) is 4.00. The van der Waals surface area contributed by atoms with Crippen LogP contribution in [0.2, 0.25) is 0 Å². The molecule has 2 N–H and O–H groups in total. The lowest BCUT2D eigenvalue weighted by molar-refractivity contribution is 0.0922. The van der Waals surface area contributed by atoms with Crippen LogP contribution in [-0.4, -0.2) is 41.7 Å². The van der Waals surface area contributed by atoms with E-state index in [4.69, 9.17) is 5.11 Å². The third kappa shape index (κ3) is 2.79. The highest BCUT2D eigenvalue weighted by Gasteiger charge is 2.20. The van der Waals surface area contributed by atoms with Gasteiger partial charge in [0.25, 0.3) is 5.91 Å². The Kier molecular flexibility index (Phi) is 4.15. The predicted molar refractivity (Wildman–Crippen MR) is 69.7 cm³/mol. The summed E-state index contributed by atoms with van der Waals surface area (Å²) < 4.78 is 0. The third-order valence-corrected chi connectivity index (χ3v) is 3.09. The summed E-state index contributed by atoms with van der Waals surface area (Å²) >= 11 is 0. The van der Waals surface area contributed by atoms with Crippen molar-refractivity contribution in [2.75, 3.05) is 24.6 Å². The van der Waals surface area contributed by atoms with Crippen molar-refractivity contribution in [1.82, 2.24) is 10.3 Å². The highest BCUT2D eigenvalue weighted by molar-refractivity contribution is 5.99. The van der Waals surface area contributed by atoms with Gasteiger partial charge >= 0.3 is 0 Å². The number of carbonyl (C=O) groups is 1. The van der Waals surface area contributed by atoms with Gasteiger partial charge in [0.05, 0.1) is 12.2 Å². The molecule has 98 valence electrons. The Labute approximate surface area is 107 Å². The van der Waals surface area contributed by atoms with E-state index in [0.29, 0.717) is 5.56 Å². The number of anilines is 1. The second-order valence-corrected chi connectivity index (χ2v) is 4.63. The molecule has 1 aromatic rings. The van der Waals surface area contributed by atoms with Gasteiger partial charge in [0.1, 0.15) is 5.82 Å². The summed E-state index contributed by atoms with van der Waals surface area (Å²) in [5.74, 6) is 0.573. The van der Waals surface area contributed by atoms with Gasteiger partial charge < -0.3 is 15.3 Å². The van der Waals surface area contributed by atoms with Crippen LogP contribution in [-0.2, 0) is 0 Å². The lowest BCUT2D eigenvalue weighted by Crippen LogP contribution is -2.36. The molecule has 1 atom stereocenters. The molecule has 0 radical (unpaired) electrons. The zero-order valence-corrected chi connectivity index (χ0v) is 10.6. The fourth-order valence-corrected chi connectivity index (χ4v) is 2.10. The average molecular weight is 249 g/mol. The van der Waals surface area contributed by atoms with Crippen LogP contribution in [0.1, 0.15) is 30.1 Å². The quantitative estimate of drug-likeness (QED) is 0.828. The maximum atomic E-state index is 12.1. The van der Waals surface area contributed by atoms with Crippen LogP contribution in [0, 0.1) is 0 Å². The standard InChI is InChI=1S/C13H19N3O2/c1-10(9-17)15-13(18)11-5-4-6-14-12(11)16-7-2-3-8-16/h4-6,10,17H,2-3,7-9H2,1H3,(H,15,18). The summed E-state index contributed by atoms with van der Waals surface area (Å²) in [7, 11) is 0. The van der Waals surface area contributed by atoms with E-state index in [9.17, 15) is 4.79 Å². The van der Waals surface area contributed by atoms with Crippen LogP contribution in [0.15, 0.2) is 18.3 Å². The molecule has 0 aliphatic carbocycles. The molecular formula is C13H19N3O2. The first-order valence-corrected chi connectivity index (χ1v) is 6.34. The van der Waals surface area contributed by atoms with E-state index in [2.05, 4.69) is 15.2 Å². The fourth-order valence-electron chi connectivity index (χ4n) is 2.10. The molecule has 0 bridgehead atoms. The van der Waals surface area contributed by atoms with E-state index in [-0.39, 0.29) is 18.6 Å². The summed E-state index contributed by atoms with van der Waals surface area (Å²) in [6.45, 7) is 3.61. The van der Waals surface area contributed by atoms with Crippen LogP contribution in [0.5, 0.6) is 0 Å². The van der Waals surface area contributed by atoms with Gasteiger partial charge in [-0.3, -0.25) is 4.79 Å². The van der Waals surface area contributed by atoms with E-state index in [0.717, 1.165) is 31.7 Å². The molecule has 1 amide bonds. The van der Waals surface area contributed by atoms with E-state index >= 15 is 0 Å². The minimum atomic E-state index is -0.246. The van der Waals surface area contributed by atoms with Crippen molar-refractivity contribution in [2.45, 2.75) is 25.8 Å². The molecule has 1 aliphatic heterocycles. The highest BCUT2D eigenvalue weighted by Crippen LogP contribution is 2.21. The molecular weight excluding hydrogens is 230 g/mol. The molecule has 2 heterocycles. The van der Waals surface area contributed by atoms with Crippen molar-refractivity contribution in [3.8, 4) is 0 Å². The van der Waals surface area contributed by atoms with Crippen molar-refractivity contribution >= 4 is 11.7 Å². The van der Waals surface area contributed by atoms with Crippen LogP contribution < -0.4 is 10.2 Å². The smallest absolute Gasteiger partial charge is 0.255 e. The number of carbonyl (C=O) groups excluding carboxylic acids is 1. The molecule has 1 aromatic heterocycles. The summed E-state index contributed by atoms with van der Waals surface area (Å²) in [5.41, 5.74) is 0.583. The lowest BCUT2D eigenvalue weighted by atomic mass is 10.2. The average Bonchev–Trinajstić information content (AvgIpc) is 2.92. The first-order valence-electron chi connectivity index (χ1n) is 6.34. The van der Waals surface area contributed by atoms with E-state index < -0.39 is 0 Å². The molecule has 0 spiro atoms. The largest absolute Gasteiger partial charge is 0.394 e. The van der Waals surface area contributed by atoms with Gasteiger partial charge in [-0.05, 0) is 31.9 Å². The second-order valence-electron chi connectivity index (χ2n) is 4.63. The number of nitrogens with one attached hydrogen (secondary N) is 1. The molecule has 18 heavy (non-hydrogen) atoms. The Bertz CT molecular complexity index is 416. The number of pyridine rings is 1. The maximum absolute atomic E-state index is 12.1. The number of aliphatic hydroxyl groups is 1. The van der Waals surface area contributed by atoms with E-state index in [1.54, 1.807) is 25.3 Å². The van der Waals surface area contributed by atoms with Gasteiger partial charge in [0.2, 0.25) is 0 Å². The summed E-state index contributed by atoms with van der Waals surface area (Å²) in [4.78, 5) is 18.6. The molecule has 5 heteroatoms. The van der Waals surface area contributed by atoms with Gasteiger partial charge in [-0.25, -0.2) is 4.98 Å². The van der Waals surface area contributed by atoms with Crippen molar-refractivity contribution in [3.05, 3.63) is 23.9 Å². The topological polar surface area (TPSA) is 65.5 Å². The first-order chi connectivity index (χ1) is 8.72. The molecule has 0 aromatic carbocycles. The minimum Gasteiger partial charge on any atom is -0.394 e. The number of amides is 1. The zero-order valence-electron chi connectivity index (χ0n) is 10.6. The Hall–Kier alpha value is -1.62. The SMILES string of the molecule is CC(CO)NC(=O)c1cccnc1N1CCCC1. The molecule has 1 saturated heterocycles.